The molecule has 0 spiro atoms. The van der Waals surface area contributed by atoms with Crippen LogP contribution < -0.4 is 0 Å². The summed E-state index contributed by atoms with van der Waals surface area (Å²) >= 11 is 0. The van der Waals surface area contributed by atoms with Crippen LogP contribution in [0.3, 0.4) is 0 Å². The van der Waals surface area contributed by atoms with E-state index in [1.807, 2.05) is 43.0 Å². The number of carbonyl (C=O) groups is 2. The van der Waals surface area contributed by atoms with Crippen molar-refractivity contribution in [3.8, 4) is 0 Å². The average molecular weight is 384 g/mol. The van der Waals surface area contributed by atoms with Gasteiger partial charge in [0.1, 0.15) is 6.10 Å². The van der Waals surface area contributed by atoms with E-state index < -0.39 is 0 Å². The fourth-order valence-electron chi connectivity index (χ4n) is 5.44. The molecule has 4 rings (SSSR count). The Morgan fingerprint density at radius 1 is 1.43 bits per heavy atom. The minimum absolute atomic E-state index is 0.0188. The number of ether oxygens (including phenoxy) is 2. The number of cyclic esters (lactones) is 1. The molecular formula is C22H28N2O4. The first-order valence-corrected chi connectivity index (χ1v) is 10.3. The standard InChI is InChI=1S/C22H28N2O4/c1-3-27-22(26)24-12-6-8-16-17(10-9-15-7-4-5-11-23-15)20-14(2)28-21(25)18(20)13-19(16)24/h4-5,7,9-11,14,16-20H,3,6,8,12-13H2,1-2H3/b10-9+/t14-,16+,17+,18-,19+,20+/m1/s1. The summed E-state index contributed by atoms with van der Waals surface area (Å²) in [5.74, 6) is 0.336. The number of nitrogens with zero attached hydrogens (tertiary/aromatic N) is 2. The topological polar surface area (TPSA) is 68.7 Å². The molecule has 6 nitrogen and oxygen atoms in total. The number of esters is 1. The predicted molar refractivity (Wildman–Crippen MR) is 104 cm³/mol. The molecule has 3 aliphatic rings. The Morgan fingerprint density at radius 2 is 2.29 bits per heavy atom. The van der Waals surface area contributed by atoms with Gasteiger partial charge in [0, 0.05) is 24.7 Å². The minimum Gasteiger partial charge on any atom is -0.462 e. The van der Waals surface area contributed by atoms with Gasteiger partial charge in [0.05, 0.1) is 18.2 Å². The van der Waals surface area contributed by atoms with E-state index in [9.17, 15) is 9.59 Å². The number of piperidine rings is 1. The molecule has 0 unspecified atom stereocenters. The van der Waals surface area contributed by atoms with Crippen LogP contribution in [0.5, 0.6) is 0 Å². The summed E-state index contributed by atoms with van der Waals surface area (Å²) in [6.45, 7) is 4.88. The molecule has 1 aromatic heterocycles. The van der Waals surface area contributed by atoms with Crippen molar-refractivity contribution in [2.24, 2.45) is 23.7 Å². The molecule has 0 aromatic carbocycles. The lowest BCUT2D eigenvalue weighted by Crippen LogP contribution is -2.56. The second kappa shape index (κ2) is 7.94. The highest BCUT2D eigenvalue weighted by molar-refractivity contribution is 5.76. The van der Waals surface area contributed by atoms with E-state index in [-0.39, 0.29) is 42.0 Å². The van der Waals surface area contributed by atoms with Crippen molar-refractivity contribution in [1.29, 1.82) is 0 Å². The number of amides is 1. The van der Waals surface area contributed by atoms with Crippen LogP contribution in [0, 0.1) is 23.7 Å². The Labute approximate surface area is 165 Å². The van der Waals surface area contributed by atoms with Crippen molar-refractivity contribution >= 4 is 18.1 Å². The summed E-state index contributed by atoms with van der Waals surface area (Å²) in [7, 11) is 0. The van der Waals surface area contributed by atoms with Gasteiger partial charge in [-0.05, 0) is 63.2 Å². The summed E-state index contributed by atoms with van der Waals surface area (Å²) in [6, 6.07) is 5.85. The van der Waals surface area contributed by atoms with Crippen LogP contribution in [-0.2, 0) is 14.3 Å². The van der Waals surface area contributed by atoms with Crippen molar-refractivity contribution in [3.05, 3.63) is 36.2 Å². The highest BCUT2D eigenvalue weighted by atomic mass is 16.6. The maximum Gasteiger partial charge on any atom is 0.410 e. The second-order valence-corrected chi connectivity index (χ2v) is 8.02. The number of allylic oxidation sites excluding steroid dienone is 1. The molecule has 2 aliphatic heterocycles. The van der Waals surface area contributed by atoms with E-state index in [4.69, 9.17) is 9.47 Å². The van der Waals surface area contributed by atoms with Crippen LogP contribution in [0.2, 0.25) is 0 Å². The van der Waals surface area contributed by atoms with Gasteiger partial charge in [0.25, 0.3) is 0 Å². The van der Waals surface area contributed by atoms with Crippen LogP contribution in [0.15, 0.2) is 30.5 Å². The predicted octanol–water partition coefficient (Wildman–Crippen LogP) is 3.53. The number of hydrogen-bond acceptors (Lipinski definition) is 5. The third-order valence-electron chi connectivity index (χ3n) is 6.56. The fraction of sp³-hybridized carbons (Fsp3) is 0.591. The quantitative estimate of drug-likeness (QED) is 0.746. The third kappa shape index (κ3) is 3.40. The number of aromatic nitrogens is 1. The average Bonchev–Trinajstić information content (AvgIpc) is 2.99. The molecule has 1 amide bonds. The smallest absolute Gasteiger partial charge is 0.410 e. The number of rotatable bonds is 3. The van der Waals surface area contributed by atoms with E-state index in [0.717, 1.165) is 18.5 Å². The van der Waals surface area contributed by atoms with E-state index in [0.29, 0.717) is 25.5 Å². The Bertz CT molecular complexity index is 750. The molecule has 6 atom stereocenters. The van der Waals surface area contributed by atoms with Crippen LogP contribution in [0.1, 0.15) is 38.8 Å². The first kappa shape index (κ1) is 19.0. The van der Waals surface area contributed by atoms with Gasteiger partial charge >= 0.3 is 12.1 Å². The number of fused-ring (bicyclic) bond motifs is 2. The molecule has 0 bridgehead atoms. The van der Waals surface area contributed by atoms with E-state index in [2.05, 4.69) is 11.1 Å². The molecule has 0 radical (unpaired) electrons. The van der Waals surface area contributed by atoms with Crippen LogP contribution >= 0.6 is 0 Å². The zero-order chi connectivity index (χ0) is 19.7. The molecule has 1 aliphatic carbocycles. The lowest BCUT2D eigenvalue weighted by Gasteiger charge is -2.50. The molecule has 0 N–H and O–H groups in total. The van der Waals surface area contributed by atoms with Gasteiger partial charge in [0.2, 0.25) is 0 Å². The van der Waals surface area contributed by atoms with Crippen LogP contribution in [-0.4, -0.2) is 47.2 Å². The molecule has 150 valence electrons. The molecule has 28 heavy (non-hydrogen) atoms. The highest BCUT2D eigenvalue weighted by Crippen LogP contribution is 2.50. The maximum atomic E-state index is 12.5. The monoisotopic (exact) mass is 384 g/mol. The Balaban J connectivity index is 1.66. The van der Waals surface area contributed by atoms with Crippen molar-refractivity contribution in [3.63, 3.8) is 0 Å². The third-order valence-corrected chi connectivity index (χ3v) is 6.56. The Hall–Kier alpha value is -2.37. The van der Waals surface area contributed by atoms with Crippen molar-refractivity contribution in [2.75, 3.05) is 13.2 Å². The SMILES string of the molecule is CCOC(=O)N1CCC[C@H]2[C@H](/C=C/c3ccccn3)[C@@H]3[C@@H](C)OC(=O)[C@@H]3C[C@@H]21. The van der Waals surface area contributed by atoms with Gasteiger partial charge in [-0.2, -0.15) is 0 Å². The summed E-state index contributed by atoms with van der Waals surface area (Å²) in [5.41, 5.74) is 0.900. The number of carbonyl (C=O) groups excluding carboxylic acids is 2. The van der Waals surface area contributed by atoms with E-state index >= 15 is 0 Å². The fourth-order valence-corrected chi connectivity index (χ4v) is 5.44. The van der Waals surface area contributed by atoms with Crippen molar-refractivity contribution in [2.45, 2.75) is 45.3 Å². The summed E-state index contributed by atoms with van der Waals surface area (Å²) in [5, 5.41) is 0. The van der Waals surface area contributed by atoms with E-state index in [1.54, 1.807) is 6.20 Å². The lowest BCUT2D eigenvalue weighted by atomic mass is 9.61. The van der Waals surface area contributed by atoms with Gasteiger partial charge in [-0.25, -0.2) is 4.79 Å². The molecule has 3 fully saturated rings. The first-order valence-electron chi connectivity index (χ1n) is 10.3. The van der Waals surface area contributed by atoms with Gasteiger partial charge < -0.3 is 14.4 Å². The lowest BCUT2D eigenvalue weighted by molar-refractivity contribution is -0.144. The van der Waals surface area contributed by atoms with Crippen LogP contribution in [0.4, 0.5) is 4.79 Å². The van der Waals surface area contributed by atoms with Gasteiger partial charge in [-0.15, -0.1) is 0 Å². The molecule has 6 heteroatoms. The molecule has 3 heterocycles. The zero-order valence-corrected chi connectivity index (χ0v) is 16.5. The Morgan fingerprint density at radius 3 is 3.04 bits per heavy atom. The molecular weight excluding hydrogens is 356 g/mol. The molecule has 1 aromatic rings. The number of likely N-dealkylation sites (tertiary alicyclic amines) is 1. The summed E-state index contributed by atoms with van der Waals surface area (Å²) in [4.78, 5) is 31.3. The number of hydrogen-bond donors (Lipinski definition) is 0. The summed E-state index contributed by atoms with van der Waals surface area (Å²) < 4.78 is 10.9. The van der Waals surface area contributed by atoms with Crippen molar-refractivity contribution < 1.29 is 19.1 Å². The highest BCUT2D eigenvalue weighted by Gasteiger charge is 2.56. The largest absolute Gasteiger partial charge is 0.462 e. The second-order valence-electron chi connectivity index (χ2n) is 8.02. The minimum atomic E-state index is -0.262. The van der Waals surface area contributed by atoms with Crippen LogP contribution in [0.25, 0.3) is 6.08 Å². The maximum absolute atomic E-state index is 12.5. The number of pyridine rings is 1. The zero-order valence-electron chi connectivity index (χ0n) is 16.5. The van der Waals surface area contributed by atoms with E-state index in [1.165, 1.54) is 0 Å². The van der Waals surface area contributed by atoms with Gasteiger partial charge in [-0.3, -0.25) is 9.78 Å². The normalized spacial score (nSPS) is 34.6. The molecule has 1 saturated carbocycles. The molecule has 2 saturated heterocycles. The Kier molecular flexibility index (Phi) is 5.38. The van der Waals surface area contributed by atoms with Gasteiger partial charge in [-0.1, -0.05) is 12.1 Å². The summed E-state index contributed by atoms with van der Waals surface area (Å²) in [6.07, 6.45) is 8.33. The van der Waals surface area contributed by atoms with Crippen molar-refractivity contribution in [1.82, 2.24) is 9.88 Å². The van der Waals surface area contributed by atoms with Gasteiger partial charge in [0.15, 0.2) is 0 Å². The first-order chi connectivity index (χ1) is 13.6.